The van der Waals surface area contributed by atoms with Crippen LogP contribution in [0.15, 0.2) is 41.3 Å². The van der Waals surface area contributed by atoms with Gasteiger partial charge in [0.2, 0.25) is 0 Å². The van der Waals surface area contributed by atoms with Crippen LogP contribution in [-0.2, 0) is 16.5 Å². The number of alkyl halides is 3. The van der Waals surface area contributed by atoms with Crippen LogP contribution in [0.2, 0.25) is 0 Å². The van der Waals surface area contributed by atoms with Crippen LogP contribution < -0.4 is 4.18 Å². The molecule has 20 heavy (non-hydrogen) atoms. The summed E-state index contributed by atoms with van der Waals surface area (Å²) in [5.41, 5.74) is -4.09. The number of hydrogen-bond donors (Lipinski definition) is 0. The number of hydrogen-bond acceptors (Lipinski definition) is 5. The van der Waals surface area contributed by atoms with Gasteiger partial charge in [-0.15, -0.1) is 0 Å². The molecule has 0 unspecified atom stereocenters. The molecule has 0 aliphatic rings. The fourth-order valence-corrected chi connectivity index (χ4v) is 1.83. The third kappa shape index (κ3) is 3.29. The second-order valence-electron chi connectivity index (χ2n) is 3.78. The number of oxazole rings is 1. The molecular weight excluding hydrogens is 299 g/mol. The van der Waals surface area contributed by atoms with Gasteiger partial charge in [0, 0.05) is 6.42 Å². The minimum Gasteiger partial charge on any atom is -0.451 e. The molecule has 0 saturated heterocycles. The lowest BCUT2D eigenvalue weighted by Gasteiger charge is -2.09. The van der Waals surface area contributed by atoms with Crippen LogP contribution in [0.1, 0.15) is 11.3 Å². The highest BCUT2D eigenvalue weighted by atomic mass is 32.2. The molecule has 0 N–H and O–H groups in total. The van der Waals surface area contributed by atoms with E-state index in [2.05, 4.69) is 9.17 Å². The minimum absolute atomic E-state index is 0.406. The molecule has 0 saturated carbocycles. The van der Waals surface area contributed by atoms with E-state index in [1.54, 1.807) is 0 Å². The van der Waals surface area contributed by atoms with Gasteiger partial charge in [-0.25, -0.2) is 4.98 Å². The third-order valence-electron chi connectivity index (χ3n) is 2.28. The Morgan fingerprint density at radius 2 is 1.85 bits per heavy atom. The predicted octanol–water partition coefficient (Wildman–Crippen LogP) is 2.49. The second kappa shape index (κ2) is 5.16. The lowest BCUT2D eigenvalue weighted by molar-refractivity contribution is -0.0500. The lowest BCUT2D eigenvalue weighted by Crippen LogP contribution is -2.28. The molecule has 5 nitrogen and oxygen atoms in total. The minimum atomic E-state index is -5.64. The second-order valence-corrected chi connectivity index (χ2v) is 5.32. The molecule has 0 aliphatic carbocycles. The third-order valence-corrected chi connectivity index (χ3v) is 3.26. The van der Waals surface area contributed by atoms with Gasteiger partial charge in [0.25, 0.3) is 0 Å². The summed E-state index contributed by atoms with van der Waals surface area (Å²) in [5, 5.41) is 0. The number of halogens is 3. The van der Waals surface area contributed by atoms with Gasteiger partial charge >= 0.3 is 15.6 Å². The molecule has 1 heterocycles. The van der Waals surface area contributed by atoms with E-state index in [1.165, 1.54) is 24.8 Å². The highest BCUT2D eigenvalue weighted by Gasteiger charge is 2.48. The zero-order valence-electron chi connectivity index (χ0n) is 9.79. The summed E-state index contributed by atoms with van der Waals surface area (Å²) in [6.07, 6.45) is 3.09. The molecule has 0 fully saturated rings. The molecule has 1 aromatic carbocycles. The standard InChI is InChI=1S/C11H8F3NO4S/c12-11(13,14)20(16,17)19-10-3-1-8(2-4-10)5-9-6-18-7-15-9/h1-4,6-7H,5H2. The quantitative estimate of drug-likeness (QED) is 0.641. The Morgan fingerprint density at radius 1 is 1.20 bits per heavy atom. The summed E-state index contributed by atoms with van der Waals surface area (Å²) < 4.78 is 66.7. The smallest absolute Gasteiger partial charge is 0.451 e. The van der Waals surface area contributed by atoms with Crippen molar-refractivity contribution in [2.75, 3.05) is 0 Å². The van der Waals surface area contributed by atoms with Crippen molar-refractivity contribution < 1.29 is 30.2 Å². The predicted molar refractivity (Wildman–Crippen MR) is 61.4 cm³/mol. The van der Waals surface area contributed by atoms with E-state index in [0.29, 0.717) is 12.1 Å². The molecule has 0 radical (unpaired) electrons. The van der Waals surface area contributed by atoms with Gasteiger partial charge in [0.1, 0.15) is 12.0 Å². The number of aromatic nitrogens is 1. The van der Waals surface area contributed by atoms with Crippen LogP contribution in [0.4, 0.5) is 13.2 Å². The summed E-state index contributed by atoms with van der Waals surface area (Å²) in [6, 6.07) is 5.16. The topological polar surface area (TPSA) is 69.4 Å². The Bertz CT molecular complexity index is 663. The zero-order chi connectivity index (χ0) is 14.8. The molecule has 1 aromatic heterocycles. The van der Waals surface area contributed by atoms with Gasteiger partial charge in [0.05, 0.1) is 5.69 Å². The van der Waals surface area contributed by atoms with Crippen LogP contribution >= 0.6 is 0 Å². The molecule has 9 heteroatoms. The van der Waals surface area contributed by atoms with Crippen molar-refractivity contribution in [3.63, 3.8) is 0 Å². The van der Waals surface area contributed by atoms with E-state index in [9.17, 15) is 21.6 Å². The van der Waals surface area contributed by atoms with Gasteiger partial charge in [-0.1, -0.05) is 12.1 Å². The van der Waals surface area contributed by atoms with Gasteiger partial charge in [-0.3, -0.25) is 0 Å². The first-order valence-electron chi connectivity index (χ1n) is 5.25. The van der Waals surface area contributed by atoms with Gasteiger partial charge in [-0.2, -0.15) is 21.6 Å². The highest BCUT2D eigenvalue weighted by molar-refractivity contribution is 7.87. The summed E-state index contributed by atoms with van der Waals surface area (Å²) in [5.74, 6) is -0.411. The Balaban J connectivity index is 2.09. The fourth-order valence-electron chi connectivity index (χ4n) is 1.37. The molecule has 0 spiro atoms. The summed E-state index contributed by atoms with van der Waals surface area (Å²) in [6.45, 7) is 0. The van der Waals surface area contributed by atoms with Crippen molar-refractivity contribution in [3.8, 4) is 5.75 Å². The molecule has 0 aliphatic heterocycles. The first-order chi connectivity index (χ1) is 9.28. The number of nitrogens with zero attached hydrogens (tertiary/aromatic N) is 1. The number of benzene rings is 1. The molecule has 2 rings (SSSR count). The molecule has 2 aromatic rings. The van der Waals surface area contributed by atoms with Crippen molar-refractivity contribution in [1.82, 2.24) is 4.98 Å². The van der Waals surface area contributed by atoms with Crippen molar-refractivity contribution >= 4 is 10.1 Å². The summed E-state index contributed by atoms with van der Waals surface area (Å²) in [7, 11) is -5.64. The maximum absolute atomic E-state index is 12.1. The largest absolute Gasteiger partial charge is 0.534 e. The monoisotopic (exact) mass is 307 g/mol. The van der Waals surface area contributed by atoms with E-state index in [0.717, 1.165) is 17.7 Å². The van der Waals surface area contributed by atoms with Crippen LogP contribution in [0.25, 0.3) is 0 Å². The van der Waals surface area contributed by atoms with Crippen LogP contribution in [-0.4, -0.2) is 18.9 Å². The van der Waals surface area contributed by atoms with Gasteiger partial charge in [-0.05, 0) is 17.7 Å². The van der Waals surface area contributed by atoms with Crippen molar-refractivity contribution in [1.29, 1.82) is 0 Å². The van der Waals surface area contributed by atoms with Crippen molar-refractivity contribution in [2.45, 2.75) is 11.9 Å². The van der Waals surface area contributed by atoms with Crippen molar-refractivity contribution in [3.05, 3.63) is 48.2 Å². The van der Waals surface area contributed by atoms with E-state index >= 15 is 0 Å². The molecular formula is C11H8F3NO4S. The summed E-state index contributed by atoms with van der Waals surface area (Å²) in [4.78, 5) is 3.88. The zero-order valence-corrected chi connectivity index (χ0v) is 10.6. The molecule has 0 amide bonds. The average Bonchev–Trinajstić information content (AvgIpc) is 2.83. The Kier molecular flexibility index (Phi) is 3.71. The van der Waals surface area contributed by atoms with Gasteiger partial charge < -0.3 is 8.60 Å². The molecule has 108 valence electrons. The maximum atomic E-state index is 12.1. The maximum Gasteiger partial charge on any atom is 0.534 e. The SMILES string of the molecule is O=S(=O)(Oc1ccc(Cc2cocn2)cc1)C(F)(F)F. The Morgan fingerprint density at radius 3 is 2.35 bits per heavy atom. The fraction of sp³-hybridized carbons (Fsp3) is 0.182. The van der Waals surface area contributed by atoms with Crippen LogP contribution in [0, 0.1) is 0 Å². The van der Waals surface area contributed by atoms with Gasteiger partial charge in [0.15, 0.2) is 6.39 Å². The van der Waals surface area contributed by atoms with Crippen LogP contribution in [0.3, 0.4) is 0 Å². The molecule has 0 atom stereocenters. The van der Waals surface area contributed by atoms with E-state index in [4.69, 9.17) is 4.42 Å². The van der Waals surface area contributed by atoms with E-state index in [1.807, 2.05) is 0 Å². The highest BCUT2D eigenvalue weighted by Crippen LogP contribution is 2.27. The summed E-state index contributed by atoms with van der Waals surface area (Å²) >= 11 is 0. The van der Waals surface area contributed by atoms with Crippen LogP contribution in [0.5, 0.6) is 5.75 Å². The lowest BCUT2D eigenvalue weighted by atomic mass is 10.1. The Hall–Kier alpha value is -2.03. The van der Waals surface area contributed by atoms with E-state index in [-0.39, 0.29) is 0 Å². The first kappa shape index (κ1) is 14.4. The average molecular weight is 307 g/mol. The van der Waals surface area contributed by atoms with Crippen molar-refractivity contribution in [2.24, 2.45) is 0 Å². The normalized spacial score (nSPS) is 12.3. The molecule has 0 bridgehead atoms. The van der Waals surface area contributed by atoms with E-state index < -0.39 is 21.4 Å². The first-order valence-corrected chi connectivity index (χ1v) is 6.65. The number of rotatable bonds is 4. The Labute approximate surface area is 112 Å².